The molecule has 4 amide bonds. The highest BCUT2D eigenvalue weighted by molar-refractivity contribution is 6.22. The van der Waals surface area contributed by atoms with Gasteiger partial charge in [0, 0.05) is 14.1 Å². The van der Waals surface area contributed by atoms with E-state index in [0.29, 0.717) is 33.4 Å². The summed E-state index contributed by atoms with van der Waals surface area (Å²) in [5.74, 6) is -1.33. The first-order valence-electron chi connectivity index (χ1n) is 7.33. The summed E-state index contributed by atoms with van der Waals surface area (Å²) in [4.78, 5) is 50.3. The SMILES string of the molecule is CN1C(=O)c2ccc(-c3ccc4c(c3)C(=O)N(C)C4=O)cc2C1=O. The number of amides is 4. The number of hydrogen-bond acceptors (Lipinski definition) is 4. The Hall–Kier alpha value is -3.28. The zero-order chi connectivity index (χ0) is 17.2. The van der Waals surface area contributed by atoms with Gasteiger partial charge in [-0.1, -0.05) is 12.1 Å². The van der Waals surface area contributed by atoms with Crippen molar-refractivity contribution >= 4 is 23.6 Å². The average Bonchev–Trinajstić information content (AvgIpc) is 2.95. The summed E-state index contributed by atoms with van der Waals surface area (Å²) >= 11 is 0. The van der Waals surface area contributed by atoms with E-state index in [2.05, 4.69) is 0 Å². The van der Waals surface area contributed by atoms with Crippen molar-refractivity contribution in [3.63, 3.8) is 0 Å². The molecule has 4 rings (SSSR count). The monoisotopic (exact) mass is 320 g/mol. The minimum Gasteiger partial charge on any atom is -0.277 e. The van der Waals surface area contributed by atoms with Gasteiger partial charge >= 0.3 is 0 Å². The normalized spacial score (nSPS) is 16.1. The van der Waals surface area contributed by atoms with Gasteiger partial charge < -0.3 is 0 Å². The number of benzene rings is 2. The van der Waals surface area contributed by atoms with Crippen LogP contribution in [0.2, 0.25) is 0 Å². The summed E-state index contributed by atoms with van der Waals surface area (Å²) in [6.45, 7) is 0. The lowest BCUT2D eigenvalue weighted by molar-refractivity contribution is 0.0677. The predicted octanol–water partition coefficient (Wildman–Crippen LogP) is 1.81. The zero-order valence-electron chi connectivity index (χ0n) is 13.0. The van der Waals surface area contributed by atoms with Crippen molar-refractivity contribution in [1.29, 1.82) is 0 Å². The second-order valence-electron chi connectivity index (χ2n) is 5.86. The standard InChI is InChI=1S/C18H12N2O4/c1-19-15(21)11-5-3-9(7-13(11)17(19)23)10-4-6-12-14(8-10)18(24)20(2)16(12)22/h3-8H,1-2H3. The van der Waals surface area contributed by atoms with E-state index in [1.165, 1.54) is 14.1 Å². The minimum atomic E-state index is -0.344. The molecule has 2 aromatic rings. The second-order valence-corrected chi connectivity index (χ2v) is 5.86. The Morgan fingerprint density at radius 3 is 1.25 bits per heavy atom. The molecule has 118 valence electrons. The number of fused-ring (bicyclic) bond motifs is 2. The van der Waals surface area contributed by atoms with Crippen molar-refractivity contribution in [2.45, 2.75) is 0 Å². The average molecular weight is 320 g/mol. The smallest absolute Gasteiger partial charge is 0.261 e. The molecule has 0 saturated heterocycles. The van der Waals surface area contributed by atoms with Crippen LogP contribution in [0.4, 0.5) is 0 Å². The van der Waals surface area contributed by atoms with Gasteiger partial charge in [0.15, 0.2) is 0 Å². The van der Waals surface area contributed by atoms with E-state index >= 15 is 0 Å². The quantitative estimate of drug-likeness (QED) is 0.751. The van der Waals surface area contributed by atoms with Gasteiger partial charge in [-0.25, -0.2) is 0 Å². The van der Waals surface area contributed by atoms with Crippen LogP contribution in [0.1, 0.15) is 41.4 Å². The van der Waals surface area contributed by atoms with Crippen molar-refractivity contribution in [3.8, 4) is 11.1 Å². The summed E-state index contributed by atoms with van der Waals surface area (Å²) < 4.78 is 0. The predicted molar refractivity (Wildman–Crippen MR) is 84.7 cm³/mol. The lowest BCUT2D eigenvalue weighted by atomic mass is 9.97. The third kappa shape index (κ3) is 1.70. The first-order valence-corrected chi connectivity index (χ1v) is 7.33. The number of rotatable bonds is 1. The van der Waals surface area contributed by atoms with E-state index in [-0.39, 0.29) is 23.6 Å². The van der Waals surface area contributed by atoms with Crippen LogP contribution in [-0.2, 0) is 0 Å². The maximum Gasteiger partial charge on any atom is 0.261 e. The second kappa shape index (κ2) is 4.61. The molecular formula is C18H12N2O4. The van der Waals surface area contributed by atoms with Gasteiger partial charge in [-0.3, -0.25) is 29.0 Å². The zero-order valence-corrected chi connectivity index (χ0v) is 13.0. The lowest BCUT2D eigenvalue weighted by Gasteiger charge is -2.05. The van der Waals surface area contributed by atoms with Crippen LogP contribution in [0.3, 0.4) is 0 Å². The molecule has 0 unspecified atom stereocenters. The van der Waals surface area contributed by atoms with E-state index in [1.807, 2.05) is 0 Å². The molecule has 6 heteroatoms. The number of nitrogens with zero attached hydrogens (tertiary/aromatic N) is 2. The topological polar surface area (TPSA) is 74.8 Å². The number of carbonyl (C=O) groups excluding carboxylic acids is 4. The van der Waals surface area contributed by atoms with Gasteiger partial charge in [0.1, 0.15) is 0 Å². The van der Waals surface area contributed by atoms with Gasteiger partial charge in [-0.15, -0.1) is 0 Å². The fraction of sp³-hybridized carbons (Fsp3) is 0.111. The highest BCUT2D eigenvalue weighted by atomic mass is 16.2. The molecule has 2 aromatic carbocycles. The Kier molecular flexibility index (Phi) is 2.75. The van der Waals surface area contributed by atoms with Crippen molar-refractivity contribution < 1.29 is 19.2 Å². The summed E-state index contributed by atoms with van der Waals surface area (Å²) in [5.41, 5.74) is 2.86. The highest BCUT2D eigenvalue weighted by Crippen LogP contribution is 2.31. The van der Waals surface area contributed by atoms with Gasteiger partial charge in [0.05, 0.1) is 22.3 Å². The maximum atomic E-state index is 12.1. The summed E-state index contributed by atoms with van der Waals surface area (Å²) in [6, 6.07) is 9.98. The largest absolute Gasteiger partial charge is 0.277 e. The molecule has 2 aliphatic rings. The maximum absolute atomic E-state index is 12.1. The van der Waals surface area contributed by atoms with Crippen LogP contribution in [0.5, 0.6) is 0 Å². The Labute approximate surface area is 137 Å². The van der Waals surface area contributed by atoms with Gasteiger partial charge in [0.25, 0.3) is 23.6 Å². The Bertz CT molecular complexity index is 897. The molecule has 6 nitrogen and oxygen atoms in total. The third-order valence-electron chi connectivity index (χ3n) is 4.51. The minimum absolute atomic E-state index is 0.321. The van der Waals surface area contributed by atoms with Crippen LogP contribution in [0, 0.1) is 0 Å². The summed E-state index contributed by atoms with van der Waals surface area (Å²) in [6.07, 6.45) is 0. The van der Waals surface area contributed by atoms with Gasteiger partial charge in [-0.05, 0) is 35.4 Å². The summed E-state index contributed by atoms with van der Waals surface area (Å²) in [7, 11) is 2.89. The molecule has 2 heterocycles. The fourth-order valence-corrected chi connectivity index (χ4v) is 3.08. The van der Waals surface area contributed by atoms with E-state index in [1.54, 1.807) is 36.4 Å². The van der Waals surface area contributed by atoms with Crippen LogP contribution < -0.4 is 0 Å². The fourth-order valence-electron chi connectivity index (χ4n) is 3.08. The van der Waals surface area contributed by atoms with E-state index < -0.39 is 0 Å². The number of hydrogen-bond donors (Lipinski definition) is 0. The van der Waals surface area contributed by atoms with Crippen molar-refractivity contribution in [1.82, 2.24) is 9.80 Å². The number of carbonyl (C=O) groups is 4. The lowest BCUT2D eigenvalue weighted by Crippen LogP contribution is -2.24. The van der Waals surface area contributed by atoms with Crippen molar-refractivity contribution in [2.24, 2.45) is 0 Å². The molecule has 2 aliphatic heterocycles. The van der Waals surface area contributed by atoms with E-state index in [0.717, 1.165) is 9.80 Å². The molecule has 0 N–H and O–H groups in total. The van der Waals surface area contributed by atoms with E-state index in [4.69, 9.17) is 0 Å². The van der Waals surface area contributed by atoms with Crippen molar-refractivity contribution in [3.05, 3.63) is 58.7 Å². The van der Waals surface area contributed by atoms with Gasteiger partial charge in [-0.2, -0.15) is 0 Å². The van der Waals surface area contributed by atoms with Gasteiger partial charge in [0.2, 0.25) is 0 Å². The molecule has 0 atom stereocenters. The molecule has 0 radical (unpaired) electrons. The third-order valence-corrected chi connectivity index (χ3v) is 4.51. The van der Waals surface area contributed by atoms with Crippen molar-refractivity contribution in [2.75, 3.05) is 14.1 Å². The summed E-state index contributed by atoms with van der Waals surface area (Å²) in [5, 5.41) is 0. The molecule has 0 aliphatic carbocycles. The van der Waals surface area contributed by atoms with Crippen LogP contribution >= 0.6 is 0 Å². The Balaban J connectivity index is 1.83. The highest BCUT2D eigenvalue weighted by Gasteiger charge is 2.34. The van der Waals surface area contributed by atoms with Crippen LogP contribution in [0.25, 0.3) is 11.1 Å². The molecule has 0 bridgehead atoms. The molecule has 0 aromatic heterocycles. The van der Waals surface area contributed by atoms with Crippen LogP contribution in [0.15, 0.2) is 36.4 Å². The molecular weight excluding hydrogens is 308 g/mol. The molecule has 0 fully saturated rings. The molecule has 0 saturated carbocycles. The molecule has 0 spiro atoms. The van der Waals surface area contributed by atoms with E-state index in [9.17, 15) is 19.2 Å². The molecule has 24 heavy (non-hydrogen) atoms. The first kappa shape index (κ1) is 14.3. The first-order chi connectivity index (χ1) is 11.4. The number of imide groups is 2. The van der Waals surface area contributed by atoms with Crippen LogP contribution in [-0.4, -0.2) is 47.5 Å². The Morgan fingerprint density at radius 1 is 0.542 bits per heavy atom. The Morgan fingerprint density at radius 2 is 0.875 bits per heavy atom.